The lowest BCUT2D eigenvalue weighted by Gasteiger charge is -2.24. The van der Waals surface area contributed by atoms with Crippen LogP contribution in [-0.2, 0) is 25.5 Å². The molecule has 0 aromatic heterocycles. The molecule has 5 N–H and O–H groups in total. The van der Waals surface area contributed by atoms with E-state index in [1.807, 2.05) is 44.2 Å². The summed E-state index contributed by atoms with van der Waals surface area (Å²) >= 11 is 0. The number of carbonyl (C=O) groups excluding carboxylic acids is 3. The fraction of sp³-hybridized carbons (Fsp3) is 0.526. The summed E-state index contributed by atoms with van der Waals surface area (Å²) < 4.78 is 4.75. The van der Waals surface area contributed by atoms with Gasteiger partial charge in [0.15, 0.2) is 0 Å². The van der Waals surface area contributed by atoms with E-state index < -0.39 is 36.0 Å². The van der Waals surface area contributed by atoms with Crippen LogP contribution in [0.5, 0.6) is 0 Å². The molecule has 0 saturated heterocycles. The van der Waals surface area contributed by atoms with Gasteiger partial charge in [-0.2, -0.15) is 0 Å². The van der Waals surface area contributed by atoms with Gasteiger partial charge >= 0.3 is 5.97 Å². The molecule has 8 heteroatoms. The molecular formula is C19H29N3O5. The van der Waals surface area contributed by atoms with Gasteiger partial charge in [0.25, 0.3) is 5.91 Å². The van der Waals surface area contributed by atoms with Crippen LogP contribution >= 0.6 is 0 Å². The van der Waals surface area contributed by atoms with Gasteiger partial charge in [0.1, 0.15) is 18.2 Å². The van der Waals surface area contributed by atoms with Gasteiger partial charge in [0.2, 0.25) is 5.91 Å². The summed E-state index contributed by atoms with van der Waals surface area (Å²) in [5.74, 6) is -1.68. The standard InChI is InChI=1S/C19H29N3O5/c1-12(2)9-15(19(26)27-3)22-17(24)14(21-18(25)16(23)11-20)10-13-7-5-4-6-8-13/h4-8,12,14-16,23H,9-11,20H2,1-3H3,(H,21,25)(H,22,24)/t14-,15-,16-/m0/s1. The first kappa shape index (κ1) is 22.6. The molecule has 0 aliphatic rings. The van der Waals surface area contributed by atoms with Crippen molar-refractivity contribution in [2.45, 2.75) is 44.9 Å². The van der Waals surface area contributed by atoms with Crippen LogP contribution in [0.3, 0.4) is 0 Å². The van der Waals surface area contributed by atoms with Crippen molar-refractivity contribution in [3.05, 3.63) is 35.9 Å². The lowest BCUT2D eigenvalue weighted by Crippen LogP contribution is -2.55. The third-order valence-corrected chi connectivity index (χ3v) is 3.95. The highest BCUT2D eigenvalue weighted by molar-refractivity contribution is 5.92. The fourth-order valence-electron chi connectivity index (χ4n) is 2.53. The highest BCUT2D eigenvalue weighted by atomic mass is 16.5. The molecular weight excluding hydrogens is 350 g/mol. The van der Waals surface area contributed by atoms with E-state index in [1.54, 1.807) is 0 Å². The maximum Gasteiger partial charge on any atom is 0.328 e. The SMILES string of the molecule is COC(=O)[C@H](CC(C)C)NC(=O)[C@H](Cc1ccccc1)NC(=O)[C@@H](O)CN. The van der Waals surface area contributed by atoms with E-state index in [1.165, 1.54) is 7.11 Å². The minimum atomic E-state index is -1.41. The van der Waals surface area contributed by atoms with Gasteiger partial charge in [-0.15, -0.1) is 0 Å². The number of aliphatic hydroxyl groups is 1. The van der Waals surface area contributed by atoms with Gasteiger partial charge in [-0.25, -0.2) is 4.79 Å². The summed E-state index contributed by atoms with van der Waals surface area (Å²) in [6.45, 7) is 3.58. The Morgan fingerprint density at radius 3 is 2.19 bits per heavy atom. The summed E-state index contributed by atoms with van der Waals surface area (Å²) in [5.41, 5.74) is 6.12. The van der Waals surface area contributed by atoms with E-state index in [4.69, 9.17) is 10.5 Å². The molecule has 0 saturated carbocycles. The van der Waals surface area contributed by atoms with Crippen molar-refractivity contribution >= 4 is 17.8 Å². The lowest BCUT2D eigenvalue weighted by atomic mass is 10.0. The number of amides is 2. The number of methoxy groups -OCH3 is 1. The third kappa shape index (κ3) is 7.76. The number of hydrogen-bond donors (Lipinski definition) is 4. The van der Waals surface area contributed by atoms with E-state index in [9.17, 15) is 19.5 Å². The van der Waals surface area contributed by atoms with Crippen LogP contribution in [0.1, 0.15) is 25.8 Å². The molecule has 0 fully saturated rings. The Kier molecular flexibility index (Phi) is 9.46. The summed E-state index contributed by atoms with van der Waals surface area (Å²) in [6, 6.07) is 7.31. The van der Waals surface area contributed by atoms with Gasteiger partial charge < -0.3 is 26.2 Å². The van der Waals surface area contributed by atoms with E-state index in [-0.39, 0.29) is 18.9 Å². The number of ether oxygens (including phenoxy) is 1. The van der Waals surface area contributed by atoms with Gasteiger partial charge in [0, 0.05) is 13.0 Å². The summed E-state index contributed by atoms with van der Waals surface area (Å²) in [6.07, 6.45) is -0.815. The smallest absolute Gasteiger partial charge is 0.328 e. The molecule has 0 aliphatic heterocycles. The Balaban J connectivity index is 2.95. The zero-order valence-electron chi connectivity index (χ0n) is 16.0. The largest absolute Gasteiger partial charge is 0.467 e. The van der Waals surface area contributed by atoms with Crippen LogP contribution in [0, 0.1) is 5.92 Å². The third-order valence-electron chi connectivity index (χ3n) is 3.95. The minimum Gasteiger partial charge on any atom is -0.467 e. The number of hydrogen-bond acceptors (Lipinski definition) is 6. The lowest BCUT2D eigenvalue weighted by molar-refractivity contribution is -0.146. The number of esters is 1. The van der Waals surface area contributed by atoms with Crippen molar-refractivity contribution in [1.82, 2.24) is 10.6 Å². The summed E-state index contributed by atoms with van der Waals surface area (Å²) in [7, 11) is 1.25. The van der Waals surface area contributed by atoms with Crippen LogP contribution < -0.4 is 16.4 Å². The number of benzene rings is 1. The quantitative estimate of drug-likeness (QED) is 0.414. The molecule has 1 rings (SSSR count). The van der Waals surface area contributed by atoms with Gasteiger partial charge in [0.05, 0.1) is 7.11 Å². The Morgan fingerprint density at radius 2 is 1.67 bits per heavy atom. The summed E-state index contributed by atoms with van der Waals surface area (Å²) in [5, 5.41) is 14.7. The second-order valence-corrected chi connectivity index (χ2v) is 6.72. The molecule has 0 bridgehead atoms. The van der Waals surface area contributed by atoms with Crippen molar-refractivity contribution in [3.63, 3.8) is 0 Å². The maximum absolute atomic E-state index is 12.8. The first-order valence-corrected chi connectivity index (χ1v) is 8.89. The normalized spacial score (nSPS) is 14.1. The molecule has 1 aromatic carbocycles. The Labute approximate surface area is 159 Å². The Bertz CT molecular complexity index is 621. The molecule has 150 valence electrons. The van der Waals surface area contributed by atoms with Crippen LogP contribution in [0.2, 0.25) is 0 Å². The molecule has 3 atom stereocenters. The van der Waals surface area contributed by atoms with Crippen LogP contribution in [0.15, 0.2) is 30.3 Å². The monoisotopic (exact) mass is 379 g/mol. The number of rotatable bonds is 10. The van der Waals surface area contributed by atoms with Gasteiger partial charge in [-0.1, -0.05) is 44.2 Å². The first-order valence-electron chi connectivity index (χ1n) is 8.89. The topological polar surface area (TPSA) is 131 Å². The Morgan fingerprint density at radius 1 is 1.07 bits per heavy atom. The van der Waals surface area contributed by atoms with Crippen molar-refractivity contribution in [1.29, 1.82) is 0 Å². The zero-order valence-corrected chi connectivity index (χ0v) is 16.0. The van der Waals surface area contributed by atoms with Crippen LogP contribution in [0.25, 0.3) is 0 Å². The molecule has 0 spiro atoms. The van der Waals surface area contributed by atoms with Gasteiger partial charge in [-0.3, -0.25) is 9.59 Å². The number of nitrogens with two attached hydrogens (primary N) is 1. The number of carbonyl (C=O) groups is 3. The van der Waals surface area contributed by atoms with Crippen molar-refractivity contribution < 1.29 is 24.2 Å². The predicted octanol–water partition coefficient (Wildman–Crippen LogP) is -0.263. The fourth-order valence-corrected chi connectivity index (χ4v) is 2.53. The predicted molar refractivity (Wildman–Crippen MR) is 101 cm³/mol. The van der Waals surface area contributed by atoms with E-state index >= 15 is 0 Å². The van der Waals surface area contributed by atoms with Crippen LogP contribution in [-0.4, -0.2) is 54.7 Å². The van der Waals surface area contributed by atoms with Crippen molar-refractivity contribution in [3.8, 4) is 0 Å². The van der Waals surface area contributed by atoms with Crippen LogP contribution in [0.4, 0.5) is 0 Å². The average Bonchev–Trinajstić information content (AvgIpc) is 2.65. The highest BCUT2D eigenvalue weighted by Gasteiger charge is 2.29. The second-order valence-electron chi connectivity index (χ2n) is 6.72. The van der Waals surface area contributed by atoms with Crippen molar-refractivity contribution in [2.75, 3.05) is 13.7 Å². The number of aliphatic hydroxyl groups excluding tert-OH is 1. The molecule has 27 heavy (non-hydrogen) atoms. The Hall–Kier alpha value is -2.45. The molecule has 0 aliphatic carbocycles. The first-order chi connectivity index (χ1) is 12.8. The molecule has 2 amide bonds. The van der Waals surface area contributed by atoms with Gasteiger partial charge in [-0.05, 0) is 17.9 Å². The maximum atomic E-state index is 12.8. The molecule has 0 unspecified atom stereocenters. The molecule has 0 radical (unpaired) electrons. The molecule has 0 heterocycles. The minimum absolute atomic E-state index is 0.149. The molecule has 8 nitrogen and oxygen atoms in total. The van der Waals surface area contributed by atoms with Crippen molar-refractivity contribution in [2.24, 2.45) is 11.7 Å². The highest BCUT2D eigenvalue weighted by Crippen LogP contribution is 2.09. The van der Waals surface area contributed by atoms with E-state index in [2.05, 4.69) is 10.6 Å². The summed E-state index contributed by atoms with van der Waals surface area (Å²) in [4.78, 5) is 36.7. The average molecular weight is 379 g/mol. The number of nitrogens with one attached hydrogen (secondary N) is 2. The van der Waals surface area contributed by atoms with E-state index in [0.29, 0.717) is 6.42 Å². The second kappa shape index (κ2) is 11.3. The molecule has 1 aromatic rings. The zero-order chi connectivity index (χ0) is 20.4. The van der Waals surface area contributed by atoms with E-state index in [0.717, 1.165) is 5.56 Å².